The number of ether oxygens (including phenoxy) is 2. The van der Waals surface area contributed by atoms with Crippen LogP contribution in [0.4, 0.5) is 17.1 Å². The Morgan fingerprint density at radius 1 is 0.862 bits per heavy atom. The summed E-state index contributed by atoms with van der Waals surface area (Å²) in [5, 5.41) is 11.2. The van der Waals surface area contributed by atoms with Crippen molar-refractivity contribution in [3.63, 3.8) is 0 Å². The fourth-order valence-electron chi connectivity index (χ4n) is 9.83. The minimum atomic E-state index is -2.51. The number of para-hydroxylation sites is 2. The van der Waals surface area contributed by atoms with E-state index in [9.17, 15) is 14.7 Å². The van der Waals surface area contributed by atoms with Gasteiger partial charge >= 0.3 is 0 Å². The number of carbonyl (C=O) groups excluding carboxylic acids is 3. The molecule has 4 atom stereocenters. The molecule has 0 aliphatic carbocycles. The number of anilines is 3. The van der Waals surface area contributed by atoms with Crippen LogP contribution in [-0.2, 0) is 44.2 Å². The van der Waals surface area contributed by atoms with E-state index in [1.54, 1.807) is 16.9 Å². The van der Waals surface area contributed by atoms with Gasteiger partial charge in [0.15, 0.2) is 5.60 Å². The smallest absolute Gasteiger partial charge is 0.264 e. The van der Waals surface area contributed by atoms with Crippen molar-refractivity contribution in [2.24, 2.45) is 5.92 Å². The Morgan fingerprint density at radius 2 is 1.55 bits per heavy atom. The van der Waals surface area contributed by atoms with Crippen LogP contribution in [0, 0.1) is 5.92 Å². The summed E-state index contributed by atoms with van der Waals surface area (Å²) < 4.78 is 12.8. The lowest BCUT2D eigenvalue weighted by Crippen LogP contribution is -2.52. The third-order valence-corrected chi connectivity index (χ3v) is 17.0. The van der Waals surface area contributed by atoms with Gasteiger partial charge in [-0.1, -0.05) is 116 Å². The first kappa shape index (κ1) is 39.3. The van der Waals surface area contributed by atoms with E-state index < -0.39 is 19.8 Å². The molecular formula is C48H51N3O6Si. The Kier molecular flexibility index (Phi) is 10.8. The van der Waals surface area contributed by atoms with Crippen molar-refractivity contribution in [1.29, 1.82) is 0 Å². The summed E-state index contributed by atoms with van der Waals surface area (Å²) in [6.45, 7) is 7.40. The number of hydrogen-bond donors (Lipinski definition) is 1. The molecule has 1 N–H and O–H groups in total. The topological polar surface area (TPSA) is 99.6 Å². The molecule has 5 aromatic rings. The van der Waals surface area contributed by atoms with E-state index in [0.717, 1.165) is 45.1 Å². The molecule has 8 rings (SSSR count). The number of carbonyl (C=O) groups is 3. The SMILES string of the molecule is COc1ccc([Si](C)(C)[C@@H]2[C@@H](CC(=O)N(CCO)Cc3ccccc3)O[C@]3(C(=O)N(Cc4cccc(N5C(=O)CCc6ccccc65)c4)c4ccccc43)[C@H]2C)cc1. The summed E-state index contributed by atoms with van der Waals surface area (Å²) in [7, 11) is -0.861. The highest BCUT2D eigenvalue weighted by molar-refractivity contribution is 6.91. The maximum absolute atomic E-state index is 15.4. The van der Waals surface area contributed by atoms with Crippen molar-refractivity contribution in [3.05, 3.63) is 150 Å². The highest BCUT2D eigenvalue weighted by Crippen LogP contribution is 2.60. The molecule has 1 saturated heterocycles. The molecule has 3 aliphatic rings. The van der Waals surface area contributed by atoms with Crippen molar-refractivity contribution in [2.45, 2.75) is 69.6 Å². The number of aliphatic hydroxyl groups is 1. The van der Waals surface area contributed by atoms with E-state index >= 15 is 4.79 Å². The summed E-state index contributed by atoms with van der Waals surface area (Å²) in [5.41, 5.74) is 4.77. The highest BCUT2D eigenvalue weighted by Gasteiger charge is 2.66. The molecule has 9 nitrogen and oxygen atoms in total. The highest BCUT2D eigenvalue weighted by atomic mass is 28.3. The van der Waals surface area contributed by atoms with Crippen molar-refractivity contribution >= 4 is 48.0 Å². The first-order valence-corrected chi connectivity index (χ1v) is 23.3. The van der Waals surface area contributed by atoms with E-state index in [-0.39, 0.29) is 55.3 Å². The van der Waals surface area contributed by atoms with Crippen LogP contribution in [0.15, 0.2) is 127 Å². The molecular weight excluding hydrogens is 743 g/mol. The van der Waals surface area contributed by atoms with Crippen molar-refractivity contribution < 1.29 is 29.0 Å². The first-order chi connectivity index (χ1) is 28.1. The van der Waals surface area contributed by atoms with Crippen LogP contribution in [0.1, 0.15) is 42.0 Å². The molecule has 3 heterocycles. The van der Waals surface area contributed by atoms with Gasteiger partial charge in [0, 0.05) is 36.7 Å². The van der Waals surface area contributed by atoms with E-state index in [4.69, 9.17) is 9.47 Å². The Hall–Kier alpha value is -5.55. The van der Waals surface area contributed by atoms with Gasteiger partial charge in [0.25, 0.3) is 5.91 Å². The van der Waals surface area contributed by atoms with Crippen molar-refractivity contribution in [3.8, 4) is 5.75 Å². The standard InChI is InChI=1S/C48H51N3O6Si/c1-33-46(58(3,4)39-24-22-38(56-2)23-25-39)43(30-45(54)49(27-28-52)31-34-13-6-5-7-14-34)57-48(33)40-18-9-11-20-42(40)50(47(48)55)32-35-15-12-17-37(29-35)51-41-19-10-8-16-36(41)21-26-44(51)53/h5-20,22-25,29,33,43,46,52H,21,26-28,30-32H2,1-4H3/t33-,43+,46-,48+/m0/s1. The monoisotopic (exact) mass is 793 g/mol. The van der Waals surface area contributed by atoms with Gasteiger partial charge in [-0.3, -0.25) is 19.3 Å². The van der Waals surface area contributed by atoms with E-state index in [1.807, 2.05) is 114 Å². The van der Waals surface area contributed by atoms with Gasteiger partial charge in [0.1, 0.15) is 5.75 Å². The molecule has 3 aliphatic heterocycles. The number of benzene rings is 5. The van der Waals surface area contributed by atoms with Gasteiger partial charge in [0.2, 0.25) is 11.8 Å². The third kappa shape index (κ3) is 6.93. The zero-order valence-electron chi connectivity index (χ0n) is 33.6. The first-order valence-electron chi connectivity index (χ1n) is 20.2. The lowest BCUT2D eigenvalue weighted by molar-refractivity contribution is -0.150. The van der Waals surface area contributed by atoms with Crippen LogP contribution in [-0.4, -0.2) is 62.2 Å². The van der Waals surface area contributed by atoms with E-state index in [1.165, 1.54) is 5.19 Å². The minimum absolute atomic E-state index is 0.0437. The van der Waals surface area contributed by atoms with E-state index in [2.05, 4.69) is 38.2 Å². The van der Waals surface area contributed by atoms with Crippen LogP contribution in [0.25, 0.3) is 0 Å². The number of nitrogens with zero attached hydrogens (tertiary/aromatic N) is 3. The van der Waals surface area contributed by atoms with Crippen LogP contribution in [0.5, 0.6) is 5.75 Å². The minimum Gasteiger partial charge on any atom is -0.497 e. The fraction of sp³-hybridized carbons (Fsp3) is 0.312. The largest absolute Gasteiger partial charge is 0.497 e. The number of fused-ring (bicyclic) bond motifs is 3. The van der Waals surface area contributed by atoms with Gasteiger partial charge in [-0.15, -0.1) is 0 Å². The maximum atomic E-state index is 15.4. The van der Waals surface area contributed by atoms with Gasteiger partial charge in [-0.25, -0.2) is 0 Å². The Morgan fingerprint density at radius 3 is 2.29 bits per heavy atom. The Balaban J connectivity index is 1.16. The quantitative estimate of drug-likeness (QED) is 0.132. The van der Waals surface area contributed by atoms with Gasteiger partial charge in [0.05, 0.1) is 52.2 Å². The molecule has 298 valence electrons. The van der Waals surface area contributed by atoms with Crippen LogP contribution in [0.3, 0.4) is 0 Å². The lowest BCUT2D eigenvalue weighted by Gasteiger charge is -2.37. The number of amides is 3. The molecule has 10 heteroatoms. The number of hydrogen-bond acceptors (Lipinski definition) is 6. The second-order valence-electron chi connectivity index (χ2n) is 16.3. The molecule has 1 fully saturated rings. The normalized spacial score (nSPS) is 21.3. The fourth-order valence-corrected chi connectivity index (χ4v) is 13.8. The number of methoxy groups -OCH3 is 1. The zero-order valence-corrected chi connectivity index (χ0v) is 34.6. The molecule has 3 amide bonds. The lowest BCUT2D eigenvalue weighted by atomic mass is 9.82. The Labute approximate surface area is 341 Å². The molecule has 0 saturated carbocycles. The summed E-state index contributed by atoms with van der Waals surface area (Å²) in [5.74, 6) is 0.241. The molecule has 0 bridgehead atoms. The van der Waals surface area contributed by atoms with Crippen LogP contribution < -0.4 is 19.7 Å². The van der Waals surface area contributed by atoms with E-state index in [0.29, 0.717) is 19.4 Å². The number of aryl methyl sites for hydroxylation is 1. The molecule has 0 aromatic heterocycles. The average molecular weight is 794 g/mol. The third-order valence-electron chi connectivity index (χ3n) is 12.7. The summed E-state index contributed by atoms with van der Waals surface area (Å²) in [6.07, 6.45) is 0.637. The van der Waals surface area contributed by atoms with Crippen molar-refractivity contribution in [2.75, 3.05) is 30.1 Å². The van der Waals surface area contributed by atoms with Crippen LogP contribution in [0.2, 0.25) is 18.6 Å². The zero-order chi connectivity index (χ0) is 40.6. The van der Waals surface area contributed by atoms with Gasteiger partial charge < -0.3 is 24.4 Å². The number of aliphatic hydroxyl groups excluding tert-OH is 1. The molecule has 0 radical (unpaired) electrons. The predicted octanol–water partition coefficient (Wildman–Crippen LogP) is 7.48. The van der Waals surface area contributed by atoms with Gasteiger partial charge in [-0.2, -0.15) is 0 Å². The number of rotatable bonds is 12. The molecule has 1 spiro atoms. The molecule has 0 unspecified atom stereocenters. The Bertz CT molecular complexity index is 2320. The summed E-state index contributed by atoms with van der Waals surface area (Å²) >= 11 is 0. The predicted molar refractivity (Wildman–Crippen MR) is 229 cm³/mol. The average Bonchev–Trinajstić information content (AvgIpc) is 3.67. The van der Waals surface area contributed by atoms with Gasteiger partial charge in [-0.05, 0) is 65.1 Å². The maximum Gasteiger partial charge on any atom is 0.264 e. The second kappa shape index (κ2) is 16.0. The van der Waals surface area contributed by atoms with Crippen molar-refractivity contribution in [1.82, 2.24) is 4.90 Å². The van der Waals surface area contributed by atoms with Crippen LogP contribution >= 0.6 is 0 Å². The molecule has 5 aromatic carbocycles. The molecule has 58 heavy (non-hydrogen) atoms. The summed E-state index contributed by atoms with van der Waals surface area (Å²) in [4.78, 5) is 48.5. The second-order valence-corrected chi connectivity index (χ2v) is 21.0. The summed E-state index contributed by atoms with van der Waals surface area (Å²) in [6, 6.07) is 41.8.